The lowest BCUT2D eigenvalue weighted by molar-refractivity contribution is -0.145. The Balaban J connectivity index is 1.41. The van der Waals surface area contributed by atoms with Crippen LogP contribution in [0.25, 0.3) is 10.9 Å². The molecule has 1 aromatic heterocycles. The number of alkyl halides is 3. The van der Waals surface area contributed by atoms with Crippen LogP contribution < -0.4 is 4.90 Å². The minimum Gasteiger partial charge on any atom is -0.366 e. The summed E-state index contributed by atoms with van der Waals surface area (Å²) in [6, 6.07) is 10.7. The van der Waals surface area contributed by atoms with Crippen LogP contribution in [0.2, 0.25) is 0 Å². The van der Waals surface area contributed by atoms with Crippen molar-refractivity contribution in [2.75, 3.05) is 36.8 Å². The summed E-state index contributed by atoms with van der Waals surface area (Å²) in [5, 5.41) is 0.542. The first-order valence-electron chi connectivity index (χ1n) is 10.4. The van der Waals surface area contributed by atoms with Crippen LogP contribution in [0.3, 0.4) is 0 Å². The highest BCUT2D eigenvalue weighted by Gasteiger charge is 2.35. The van der Waals surface area contributed by atoms with Crippen molar-refractivity contribution in [1.29, 1.82) is 0 Å². The number of carbonyl (C=O) groups is 2. The zero-order valence-electron chi connectivity index (χ0n) is 18.1. The number of thioether (sulfide) groups is 1. The Morgan fingerprint density at radius 3 is 2.38 bits per heavy atom. The highest BCUT2D eigenvalue weighted by atomic mass is 32.2. The van der Waals surface area contributed by atoms with Crippen molar-refractivity contribution in [3.05, 3.63) is 59.7 Å². The number of fused-ring (bicyclic) bond motifs is 1. The van der Waals surface area contributed by atoms with Gasteiger partial charge in [-0.15, -0.1) is 0 Å². The van der Waals surface area contributed by atoms with Crippen molar-refractivity contribution < 1.29 is 27.2 Å². The second kappa shape index (κ2) is 9.57. The molecular formula is C23H20F4N4O2S. The Morgan fingerprint density at radius 2 is 1.74 bits per heavy atom. The van der Waals surface area contributed by atoms with Crippen LogP contribution in [0.5, 0.6) is 0 Å². The number of hydrogen-bond donors (Lipinski definition) is 0. The maximum absolute atomic E-state index is 14.4. The molecule has 0 N–H and O–H groups in total. The van der Waals surface area contributed by atoms with Gasteiger partial charge in [0.05, 0.1) is 17.0 Å². The van der Waals surface area contributed by atoms with E-state index in [2.05, 4.69) is 9.97 Å². The maximum Gasteiger partial charge on any atom is 0.451 e. The molecule has 2 aromatic carbocycles. The number of aromatic nitrogens is 2. The first kappa shape index (κ1) is 23.9. The average molecular weight is 492 g/mol. The predicted octanol–water partition coefficient (Wildman–Crippen LogP) is 4.43. The molecule has 0 atom stereocenters. The standard InChI is InChI=1S/C23H20F4N4O2S/c1-14(32)15-6-7-19(17(24)12-15)30-8-10-31(11-9-30)20(33)13-34-21-16-4-2-3-5-18(16)28-22(29-21)23(25,26)27/h2-7,12H,8-11,13H2,1H3. The fourth-order valence-electron chi connectivity index (χ4n) is 3.68. The van der Waals surface area contributed by atoms with Crippen molar-refractivity contribution >= 4 is 40.0 Å². The third-order valence-corrected chi connectivity index (χ3v) is 6.46. The lowest BCUT2D eigenvalue weighted by atomic mass is 10.1. The number of carbonyl (C=O) groups excluding carboxylic acids is 2. The lowest BCUT2D eigenvalue weighted by Gasteiger charge is -2.36. The van der Waals surface area contributed by atoms with Crippen LogP contribution in [0.15, 0.2) is 47.5 Å². The minimum absolute atomic E-state index is 0.0834. The van der Waals surface area contributed by atoms with Crippen LogP contribution in [-0.2, 0) is 11.0 Å². The van der Waals surface area contributed by atoms with Gasteiger partial charge < -0.3 is 9.80 Å². The topological polar surface area (TPSA) is 66.4 Å². The maximum atomic E-state index is 14.4. The number of ketones is 1. The third-order valence-electron chi connectivity index (χ3n) is 5.48. The monoisotopic (exact) mass is 492 g/mol. The fourth-order valence-corrected chi connectivity index (χ4v) is 4.61. The molecule has 1 amide bonds. The predicted molar refractivity (Wildman–Crippen MR) is 120 cm³/mol. The van der Waals surface area contributed by atoms with Crippen LogP contribution in [-0.4, -0.2) is 58.5 Å². The van der Waals surface area contributed by atoms with Crippen LogP contribution in [0.1, 0.15) is 23.1 Å². The van der Waals surface area contributed by atoms with Crippen molar-refractivity contribution in [3.63, 3.8) is 0 Å². The Kier molecular flexibility index (Phi) is 6.74. The van der Waals surface area contributed by atoms with E-state index in [9.17, 15) is 27.2 Å². The van der Waals surface area contributed by atoms with E-state index < -0.39 is 17.8 Å². The van der Waals surface area contributed by atoms with Gasteiger partial charge in [-0.3, -0.25) is 9.59 Å². The van der Waals surface area contributed by atoms with Crippen LogP contribution in [0.4, 0.5) is 23.2 Å². The molecule has 178 valence electrons. The molecule has 34 heavy (non-hydrogen) atoms. The van der Waals surface area contributed by atoms with Gasteiger partial charge in [0.15, 0.2) is 5.78 Å². The van der Waals surface area contributed by atoms with Crippen molar-refractivity contribution in [2.24, 2.45) is 0 Å². The summed E-state index contributed by atoms with van der Waals surface area (Å²) in [6.45, 7) is 2.82. The van der Waals surface area contributed by atoms with Crippen molar-refractivity contribution in [2.45, 2.75) is 18.1 Å². The van der Waals surface area contributed by atoms with Gasteiger partial charge in [0, 0.05) is 37.1 Å². The molecule has 0 aliphatic carbocycles. The number of hydrogen-bond acceptors (Lipinski definition) is 6. The Labute approximate surface area is 197 Å². The van der Waals surface area contributed by atoms with Gasteiger partial charge in [0.1, 0.15) is 10.8 Å². The molecule has 0 spiro atoms. The zero-order valence-corrected chi connectivity index (χ0v) is 18.9. The lowest BCUT2D eigenvalue weighted by Crippen LogP contribution is -2.49. The van der Waals surface area contributed by atoms with Gasteiger partial charge in [-0.05, 0) is 31.2 Å². The Morgan fingerprint density at radius 1 is 1.03 bits per heavy atom. The SMILES string of the molecule is CC(=O)c1ccc(N2CCN(C(=O)CSc3nc(C(F)(F)F)nc4ccccc34)CC2)c(F)c1. The van der Waals surface area contributed by atoms with E-state index in [1.54, 1.807) is 40.1 Å². The number of halogens is 4. The first-order valence-corrected chi connectivity index (χ1v) is 11.4. The molecule has 4 rings (SSSR count). The first-order chi connectivity index (χ1) is 16.1. The van der Waals surface area contributed by atoms with Gasteiger partial charge in [-0.25, -0.2) is 14.4 Å². The van der Waals surface area contributed by atoms with Gasteiger partial charge in [-0.1, -0.05) is 30.0 Å². The zero-order chi connectivity index (χ0) is 24.5. The van der Waals surface area contributed by atoms with Crippen LogP contribution >= 0.6 is 11.8 Å². The molecule has 0 unspecified atom stereocenters. The number of amides is 1. The Hall–Kier alpha value is -3.21. The molecule has 1 aliphatic rings. The van der Waals surface area contributed by atoms with E-state index in [4.69, 9.17) is 0 Å². The number of Topliss-reactive ketones (excluding diaryl/α,β-unsaturated/α-hetero) is 1. The fraction of sp³-hybridized carbons (Fsp3) is 0.304. The molecular weight excluding hydrogens is 472 g/mol. The number of piperazine rings is 1. The summed E-state index contributed by atoms with van der Waals surface area (Å²) in [5.41, 5.74) is 0.808. The molecule has 0 saturated carbocycles. The smallest absolute Gasteiger partial charge is 0.366 e. The molecule has 6 nitrogen and oxygen atoms in total. The quantitative estimate of drug-likeness (QED) is 0.227. The summed E-state index contributed by atoms with van der Waals surface area (Å²) in [5.74, 6) is -2.29. The van der Waals surface area contributed by atoms with Crippen molar-refractivity contribution in [1.82, 2.24) is 14.9 Å². The summed E-state index contributed by atoms with van der Waals surface area (Å²) in [7, 11) is 0. The summed E-state index contributed by atoms with van der Waals surface area (Å²) in [4.78, 5) is 34.8. The average Bonchev–Trinajstić information content (AvgIpc) is 2.81. The highest BCUT2D eigenvalue weighted by molar-refractivity contribution is 8.00. The Bertz CT molecular complexity index is 1240. The van der Waals surface area contributed by atoms with Crippen LogP contribution in [0, 0.1) is 5.82 Å². The van der Waals surface area contributed by atoms with Gasteiger partial charge in [-0.2, -0.15) is 13.2 Å². The minimum atomic E-state index is -4.70. The highest BCUT2D eigenvalue weighted by Crippen LogP contribution is 2.32. The molecule has 2 heterocycles. The van der Waals surface area contributed by atoms with Gasteiger partial charge >= 0.3 is 6.18 Å². The second-order valence-corrected chi connectivity index (χ2v) is 8.71. The van der Waals surface area contributed by atoms with E-state index >= 15 is 0 Å². The molecule has 1 aliphatic heterocycles. The van der Waals surface area contributed by atoms with Gasteiger partial charge in [0.2, 0.25) is 11.7 Å². The number of rotatable bonds is 5. The molecule has 0 radical (unpaired) electrons. The molecule has 11 heteroatoms. The number of anilines is 1. The number of para-hydroxylation sites is 1. The number of benzene rings is 2. The third kappa shape index (κ3) is 5.14. The summed E-state index contributed by atoms with van der Waals surface area (Å²) < 4.78 is 54.0. The molecule has 0 bridgehead atoms. The molecule has 1 saturated heterocycles. The number of nitrogens with zero attached hydrogens (tertiary/aromatic N) is 4. The largest absolute Gasteiger partial charge is 0.451 e. The van der Waals surface area contributed by atoms with E-state index in [0.29, 0.717) is 37.3 Å². The van der Waals surface area contributed by atoms with E-state index in [1.807, 2.05) is 0 Å². The van der Waals surface area contributed by atoms with E-state index in [0.717, 1.165) is 11.8 Å². The van der Waals surface area contributed by atoms with Crippen molar-refractivity contribution in [3.8, 4) is 0 Å². The molecule has 1 fully saturated rings. The molecule has 3 aromatic rings. The summed E-state index contributed by atoms with van der Waals surface area (Å²) in [6.07, 6.45) is -4.70. The van der Waals surface area contributed by atoms with E-state index in [1.165, 1.54) is 19.1 Å². The normalized spacial score (nSPS) is 14.5. The van der Waals surface area contributed by atoms with E-state index in [-0.39, 0.29) is 33.5 Å². The van der Waals surface area contributed by atoms with Gasteiger partial charge in [0.25, 0.3) is 0 Å². The summed E-state index contributed by atoms with van der Waals surface area (Å²) >= 11 is 0.938. The second-order valence-electron chi connectivity index (χ2n) is 7.75.